The Hall–Kier alpha value is -2.18. The zero-order chi connectivity index (χ0) is 20.0. The molecule has 0 saturated carbocycles. The van der Waals surface area contributed by atoms with Gasteiger partial charge in [-0.15, -0.1) is 0 Å². The Kier molecular flexibility index (Phi) is 6.86. The van der Waals surface area contributed by atoms with Gasteiger partial charge >= 0.3 is 0 Å². The van der Waals surface area contributed by atoms with Gasteiger partial charge < -0.3 is 4.74 Å². The van der Waals surface area contributed by atoms with Crippen LogP contribution in [0.1, 0.15) is 43.4 Å². The Balaban J connectivity index is 2.05. The van der Waals surface area contributed by atoms with Crippen molar-refractivity contribution in [3.63, 3.8) is 0 Å². The minimum absolute atomic E-state index is 0.119. The van der Waals surface area contributed by atoms with E-state index in [0.717, 1.165) is 30.3 Å². The maximum atomic E-state index is 14.4. The highest BCUT2D eigenvalue weighted by Gasteiger charge is 2.33. The van der Waals surface area contributed by atoms with Crippen molar-refractivity contribution in [2.24, 2.45) is 0 Å². The molecule has 0 amide bonds. The van der Waals surface area contributed by atoms with E-state index in [-0.39, 0.29) is 11.0 Å². The number of rotatable bonds is 8. The monoisotopic (exact) mass is 394 g/mol. The molecule has 28 heavy (non-hydrogen) atoms. The number of ether oxygens (including phenoxy) is 1. The van der Waals surface area contributed by atoms with Crippen molar-refractivity contribution in [2.75, 3.05) is 7.11 Å². The minimum atomic E-state index is -0.139. The van der Waals surface area contributed by atoms with Crippen LogP contribution in [-0.4, -0.2) is 7.11 Å². The quantitative estimate of drug-likeness (QED) is 0.399. The highest BCUT2D eigenvalue weighted by atomic mass is 31.1. The molecule has 0 heterocycles. The molecule has 3 heteroatoms. The van der Waals surface area contributed by atoms with E-state index in [0.29, 0.717) is 8.58 Å². The number of para-hydroxylation sites is 1. The molecule has 0 aliphatic rings. The van der Waals surface area contributed by atoms with E-state index < -0.39 is 0 Å². The summed E-state index contributed by atoms with van der Waals surface area (Å²) >= 11 is 0. The van der Waals surface area contributed by atoms with E-state index in [1.807, 2.05) is 18.2 Å². The van der Waals surface area contributed by atoms with E-state index in [1.165, 1.54) is 16.7 Å². The van der Waals surface area contributed by atoms with E-state index in [2.05, 4.69) is 56.3 Å². The smallest absolute Gasteiger partial charge is 0.130 e. The summed E-state index contributed by atoms with van der Waals surface area (Å²) in [5, 5.41) is 0.655. The van der Waals surface area contributed by atoms with Crippen LogP contribution in [0.15, 0.2) is 72.8 Å². The molecule has 0 aliphatic heterocycles. The lowest BCUT2D eigenvalue weighted by molar-refractivity contribution is 0.395. The first-order valence-electron chi connectivity index (χ1n) is 9.86. The molecule has 1 nitrogen and oxygen atoms in total. The number of benzene rings is 3. The van der Waals surface area contributed by atoms with Crippen molar-refractivity contribution in [1.29, 1.82) is 0 Å². The standard InChI is InChI=1S/C25H28FOP/c1-4-25(5-2,28-23-17-10-9-16-22(23)26)21-15-11-14-20(24(21)27-3)18-19-12-7-6-8-13-19/h6-17,28H,4-5,18H2,1-3H3. The van der Waals surface area contributed by atoms with Gasteiger partial charge in [0, 0.05) is 22.4 Å². The topological polar surface area (TPSA) is 9.23 Å². The molecule has 0 saturated heterocycles. The lowest BCUT2D eigenvalue weighted by atomic mass is 9.89. The van der Waals surface area contributed by atoms with Crippen molar-refractivity contribution in [2.45, 2.75) is 38.3 Å². The average molecular weight is 394 g/mol. The average Bonchev–Trinajstić information content (AvgIpc) is 2.74. The van der Waals surface area contributed by atoms with E-state index in [4.69, 9.17) is 4.74 Å². The van der Waals surface area contributed by atoms with Crippen molar-refractivity contribution in [1.82, 2.24) is 0 Å². The second-order valence-electron chi connectivity index (χ2n) is 7.05. The first-order chi connectivity index (χ1) is 13.6. The maximum Gasteiger partial charge on any atom is 0.130 e. The van der Waals surface area contributed by atoms with Crippen LogP contribution in [0.2, 0.25) is 0 Å². The zero-order valence-electron chi connectivity index (χ0n) is 16.8. The molecular formula is C25H28FOP. The SMILES string of the molecule is CCC(CC)(Pc1ccccc1F)c1cccc(Cc2ccccc2)c1OC. The molecule has 0 radical (unpaired) electrons. The fraction of sp³-hybridized carbons (Fsp3) is 0.280. The van der Waals surface area contributed by atoms with Crippen LogP contribution in [0.25, 0.3) is 0 Å². The molecule has 0 fully saturated rings. The first-order valence-corrected chi connectivity index (χ1v) is 10.9. The number of hydrogen-bond acceptors (Lipinski definition) is 1. The van der Waals surface area contributed by atoms with Crippen LogP contribution in [0.4, 0.5) is 4.39 Å². The Morgan fingerprint density at radius 3 is 2.18 bits per heavy atom. The third-order valence-corrected chi connectivity index (χ3v) is 7.64. The molecule has 1 atom stereocenters. The largest absolute Gasteiger partial charge is 0.496 e. The summed E-state index contributed by atoms with van der Waals surface area (Å²) in [5.41, 5.74) is 3.62. The van der Waals surface area contributed by atoms with Crippen LogP contribution >= 0.6 is 8.58 Å². The van der Waals surface area contributed by atoms with Gasteiger partial charge in [0.25, 0.3) is 0 Å². The van der Waals surface area contributed by atoms with Gasteiger partial charge in [0.2, 0.25) is 0 Å². The van der Waals surface area contributed by atoms with Crippen LogP contribution in [0.3, 0.4) is 0 Å². The predicted octanol–water partition coefficient (Wildman–Crippen LogP) is 6.44. The second kappa shape index (κ2) is 9.34. The molecule has 3 aromatic carbocycles. The molecule has 146 valence electrons. The number of hydrogen-bond donors (Lipinski definition) is 0. The van der Waals surface area contributed by atoms with Crippen molar-refractivity contribution in [3.05, 3.63) is 95.3 Å². The first kappa shape index (κ1) is 20.6. The maximum absolute atomic E-state index is 14.4. The summed E-state index contributed by atoms with van der Waals surface area (Å²) < 4.78 is 20.4. The predicted molar refractivity (Wildman–Crippen MR) is 119 cm³/mol. The van der Waals surface area contributed by atoms with Crippen LogP contribution < -0.4 is 10.0 Å². The summed E-state index contributed by atoms with van der Waals surface area (Å²) in [6, 6.07) is 24.0. The van der Waals surface area contributed by atoms with Gasteiger partial charge in [-0.2, -0.15) is 0 Å². The molecule has 0 spiro atoms. The van der Waals surface area contributed by atoms with Gasteiger partial charge in [-0.1, -0.05) is 89.2 Å². The lowest BCUT2D eigenvalue weighted by Gasteiger charge is -2.34. The van der Waals surface area contributed by atoms with Crippen molar-refractivity contribution in [3.8, 4) is 5.75 Å². The summed E-state index contributed by atoms with van der Waals surface area (Å²) in [7, 11) is 2.10. The van der Waals surface area contributed by atoms with Gasteiger partial charge in [0.15, 0.2) is 0 Å². The molecule has 0 aliphatic carbocycles. The van der Waals surface area contributed by atoms with Gasteiger partial charge in [0.05, 0.1) is 7.11 Å². The summed E-state index contributed by atoms with van der Waals surface area (Å²) in [5.74, 6) is 0.824. The third-order valence-electron chi connectivity index (χ3n) is 5.51. The Morgan fingerprint density at radius 1 is 0.857 bits per heavy atom. The fourth-order valence-corrected chi connectivity index (χ4v) is 5.44. The second-order valence-corrected chi connectivity index (χ2v) is 8.80. The van der Waals surface area contributed by atoms with Crippen LogP contribution in [0.5, 0.6) is 5.75 Å². The van der Waals surface area contributed by atoms with Crippen molar-refractivity contribution < 1.29 is 9.13 Å². The van der Waals surface area contributed by atoms with Gasteiger partial charge in [0.1, 0.15) is 11.6 Å². The Morgan fingerprint density at radius 2 is 1.54 bits per heavy atom. The molecule has 0 N–H and O–H groups in total. The molecule has 1 unspecified atom stereocenters. The fourth-order valence-electron chi connectivity index (χ4n) is 3.85. The van der Waals surface area contributed by atoms with Gasteiger partial charge in [-0.3, -0.25) is 0 Å². The molecule has 3 rings (SSSR count). The summed E-state index contributed by atoms with van der Waals surface area (Å²) in [4.78, 5) is 0. The Bertz CT molecular complexity index is 903. The van der Waals surface area contributed by atoms with Crippen LogP contribution in [-0.2, 0) is 11.6 Å². The lowest BCUT2D eigenvalue weighted by Crippen LogP contribution is -2.24. The zero-order valence-corrected chi connectivity index (χ0v) is 17.8. The molecule has 0 aromatic heterocycles. The third kappa shape index (κ3) is 4.28. The van der Waals surface area contributed by atoms with Crippen LogP contribution in [0, 0.1) is 5.82 Å². The van der Waals surface area contributed by atoms with E-state index >= 15 is 0 Å². The highest BCUT2D eigenvalue weighted by molar-refractivity contribution is 7.48. The van der Waals surface area contributed by atoms with Gasteiger partial charge in [-0.05, 0) is 30.0 Å². The van der Waals surface area contributed by atoms with Gasteiger partial charge in [-0.25, -0.2) is 4.39 Å². The van der Waals surface area contributed by atoms with E-state index in [9.17, 15) is 4.39 Å². The number of methoxy groups -OCH3 is 1. The van der Waals surface area contributed by atoms with Crippen molar-refractivity contribution >= 4 is 13.9 Å². The van der Waals surface area contributed by atoms with E-state index in [1.54, 1.807) is 19.2 Å². The molecule has 3 aromatic rings. The normalized spacial score (nSPS) is 11.9. The minimum Gasteiger partial charge on any atom is -0.496 e. The highest BCUT2D eigenvalue weighted by Crippen LogP contribution is 2.51. The molecule has 0 bridgehead atoms. The summed E-state index contributed by atoms with van der Waals surface area (Å²) in [6.45, 7) is 4.39. The molecular weight excluding hydrogens is 366 g/mol. The number of halogens is 1. The Labute approximate surface area is 169 Å². The summed E-state index contributed by atoms with van der Waals surface area (Å²) in [6.07, 6.45) is 2.69.